The Morgan fingerprint density at radius 1 is 0.500 bits per heavy atom. The Kier molecular flexibility index (Phi) is 6.99. The van der Waals surface area contributed by atoms with Gasteiger partial charge in [-0.3, -0.25) is 4.90 Å². The van der Waals surface area contributed by atoms with E-state index in [2.05, 4.69) is 125 Å². The van der Waals surface area contributed by atoms with Gasteiger partial charge in [0.1, 0.15) is 11.4 Å². The van der Waals surface area contributed by atoms with Crippen molar-refractivity contribution in [3.05, 3.63) is 59.7 Å². The monoisotopic (exact) mass is 408 g/mol. The van der Waals surface area contributed by atoms with Crippen molar-refractivity contribution in [2.24, 2.45) is 10.8 Å². The number of quaternary nitrogens is 1. The molecular weight excluding hydrogens is 362 g/mol. The summed E-state index contributed by atoms with van der Waals surface area (Å²) in [7, 11) is 2.24. The van der Waals surface area contributed by atoms with Gasteiger partial charge in [-0.05, 0) is 69.9 Å². The Morgan fingerprint density at radius 3 is 1.00 bits per heavy atom. The molecule has 0 aliphatic carbocycles. The first-order valence-electron chi connectivity index (χ1n) is 11.6. The van der Waals surface area contributed by atoms with Gasteiger partial charge in [-0.25, -0.2) is 0 Å². The molecule has 0 unspecified atom stereocenters. The fourth-order valence-electron chi connectivity index (χ4n) is 5.37. The summed E-state index contributed by atoms with van der Waals surface area (Å²) in [6.45, 7) is 23.4. The maximum Gasteiger partial charge on any atom is 0.136 e. The molecule has 0 amide bonds. The molecule has 1 nitrogen and oxygen atoms in total. The van der Waals surface area contributed by atoms with Crippen LogP contribution in [0.2, 0.25) is 0 Å². The lowest BCUT2D eigenvalue weighted by Crippen LogP contribution is -2.98. The van der Waals surface area contributed by atoms with Gasteiger partial charge in [-0.2, -0.15) is 0 Å². The standard InChI is InChI=1S/C29H45N/c1-26(2,3)20-28(7,8)22-12-16-24(17-13-22)30(11)25-18-14-23(15-19-25)29(9,10)21-27(4,5)6/h12-19H,20-21H2,1-11H3/p+1. The molecule has 1 heteroatoms. The molecule has 2 aromatic carbocycles. The van der Waals surface area contributed by atoms with Gasteiger partial charge in [0.2, 0.25) is 0 Å². The minimum Gasteiger partial charge on any atom is -0.273 e. The van der Waals surface area contributed by atoms with Crippen LogP contribution in [0.4, 0.5) is 11.4 Å². The highest BCUT2D eigenvalue weighted by atomic mass is 15.1. The highest BCUT2D eigenvalue weighted by Crippen LogP contribution is 2.37. The van der Waals surface area contributed by atoms with Gasteiger partial charge >= 0.3 is 0 Å². The zero-order chi connectivity index (χ0) is 23.0. The Balaban J connectivity index is 2.18. The third kappa shape index (κ3) is 6.71. The largest absolute Gasteiger partial charge is 0.273 e. The summed E-state index contributed by atoms with van der Waals surface area (Å²) in [5.74, 6) is 0. The zero-order valence-corrected chi connectivity index (χ0v) is 21.5. The van der Waals surface area contributed by atoms with E-state index < -0.39 is 0 Å². The number of hydrogen-bond donors (Lipinski definition) is 1. The quantitative estimate of drug-likeness (QED) is 0.502. The minimum absolute atomic E-state index is 0.185. The first-order valence-corrected chi connectivity index (χ1v) is 11.6. The number of hydrogen-bond acceptors (Lipinski definition) is 0. The molecule has 0 aliphatic rings. The molecule has 0 aromatic heterocycles. The van der Waals surface area contributed by atoms with E-state index in [0.29, 0.717) is 10.8 Å². The second kappa shape index (κ2) is 8.50. The summed E-state index contributed by atoms with van der Waals surface area (Å²) in [5.41, 5.74) is 6.50. The van der Waals surface area contributed by atoms with Crippen molar-refractivity contribution < 1.29 is 4.90 Å². The van der Waals surface area contributed by atoms with E-state index in [1.165, 1.54) is 40.2 Å². The van der Waals surface area contributed by atoms with Crippen molar-refractivity contribution in [1.29, 1.82) is 0 Å². The van der Waals surface area contributed by atoms with Gasteiger partial charge in [0.05, 0.1) is 7.05 Å². The molecule has 0 bridgehead atoms. The molecular formula is C29H46N+. The second-order valence-electron chi connectivity index (χ2n) is 13.0. The Hall–Kier alpha value is -1.60. The molecule has 1 N–H and O–H groups in total. The average Bonchev–Trinajstić information content (AvgIpc) is 2.57. The highest BCUT2D eigenvalue weighted by molar-refractivity contribution is 5.42. The predicted octanol–water partition coefficient (Wildman–Crippen LogP) is 7.59. The third-order valence-electron chi connectivity index (χ3n) is 6.14. The molecule has 0 heterocycles. The fourth-order valence-corrected chi connectivity index (χ4v) is 5.37. The SMILES string of the molecule is C[NH+](c1ccc(C(C)(C)CC(C)(C)C)cc1)c1ccc(C(C)(C)CC(C)(C)C)cc1. The molecule has 2 aromatic rings. The predicted molar refractivity (Wildman–Crippen MR) is 133 cm³/mol. The van der Waals surface area contributed by atoms with Crippen LogP contribution < -0.4 is 4.90 Å². The lowest BCUT2D eigenvalue weighted by Gasteiger charge is -2.33. The van der Waals surface area contributed by atoms with Crippen molar-refractivity contribution in [2.75, 3.05) is 7.05 Å². The van der Waals surface area contributed by atoms with E-state index in [-0.39, 0.29) is 10.8 Å². The molecule has 0 radical (unpaired) electrons. The topological polar surface area (TPSA) is 4.44 Å². The smallest absolute Gasteiger partial charge is 0.136 e. The maximum atomic E-state index is 2.36. The van der Waals surface area contributed by atoms with Crippen molar-refractivity contribution in [1.82, 2.24) is 0 Å². The average molecular weight is 409 g/mol. The molecule has 0 saturated carbocycles. The normalized spacial score (nSPS) is 13.7. The number of rotatable bonds is 6. The van der Waals surface area contributed by atoms with Crippen LogP contribution in [0.5, 0.6) is 0 Å². The number of benzene rings is 2. The fraction of sp³-hybridized carbons (Fsp3) is 0.586. The summed E-state index contributed by atoms with van der Waals surface area (Å²) in [5, 5.41) is 0. The lowest BCUT2D eigenvalue weighted by atomic mass is 9.72. The van der Waals surface area contributed by atoms with Crippen LogP contribution in [0.15, 0.2) is 48.5 Å². The zero-order valence-electron chi connectivity index (χ0n) is 21.5. The van der Waals surface area contributed by atoms with Crippen LogP contribution in [0.1, 0.15) is 93.2 Å². The van der Waals surface area contributed by atoms with Gasteiger partial charge in [0.25, 0.3) is 0 Å². The van der Waals surface area contributed by atoms with Gasteiger partial charge in [-0.1, -0.05) is 93.5 Å². The van der Waals surface area contributed by atoms with E-state index in [0.717, 1.165) is 0 Å². The molecule has 0 fully saturated rings. The van der Waals surface area contributed by atoms with E-state index in [4.69, 9.17) is 0 Å². The second-order valence-corrected chi connectivity index (χ2v) is 13.0. The minimum atomic E-state index is 0.185. The van der Waals surface area contributed by atoms with Gasteiger partial charge in [-0.15, -0.1) is 0 Å². The van der Waals surface area contributed by atoms with E-state index >= 15 is 0 Å². The summed E-state index contributed by atoms with van der Waals surface area (Å²) < 4.78 is 0. The summed E-state index contributed by atoms with van der Waals surface area (Å²) in [6, 6.07) is 18.5. The first-order chi connectivity index (χ1) is 13.5. The van der Waals surface area contributed by atoms with E-state index in [1.807, 2.05) is 0 Å². The van der Waals surface area contributed by atoms with Crippen molar-refractivity contribution in [2.45, 2.75) is 92.9 Å². The molecule has 0 aliphatic heterocycles. The first kappa shape index (κ1) is 24.7. The summed E-state index contributed by atoms with van der Waals surface area (Å²) in [6.07, 6.45) is 2.35. The van der Waals surface area contributed by atoms with Gasteiger partial charge in [0.15, 0.2) is 0 Å². The Labute approximate surface area is 186 Å². The Morgan fingerprint density at radius 2 is 0.767 bits per heavy atom. The van der Waals surface area contributed by atoms with Crippen LogP contribution >= 0.6 is 0 Å². The van der Waals surface area contributed by atoms with Crippen molar-refractivity contribution in [3.8, 4) is 0 Å². The lowest BCUT2D eigenvalue weighted by molar-refractivity contribution is -0.735. The van der Waals surface area contributed by atoms with Crippen molar-refractivity contribution in [3.63, 3.8) is 0 Å². The summed E-state index contributed by atoms with van der Waals surface area (Å²) >= 11 is 0. The summed E-state index contributed by atoms with van der Waals surface area (Å²) in [4.78, 5) is 1.34. The molecule has 0 atom stereocenters. The molecule has 0 saturated heterocycles. The van der Waals surface area contributed by atoms with Crippen molar-refractivity contribution >= 4 is 11.4 Å². The van der Waals surface area contributed by atoms with Crippen LogP contribution in [0.3, 0.4) is 0 Å². The van der Waals surface area contributed by atoms with Crippen LogP contribution in [0, 0.1) is 10.8 Å². The van der Waals surface area contributed by atoms with Gasteiger partial charge in [0, 0.05) is 0 Å². The molecule has 0 spiro atoms. The Bertz CT molecular complexity index is 737. The van der Waals surface area contributed by atoms with E-state index in [1.54, 1.807) is 0 Å². The van der Waals surface area contributed by atoms with E-state index in [9.17, 15) is 0 Å². The number of nitrogens with one attached hydrogen (secondary N) is 1. The molecule has 2 rings (SSSR count). The van der Waals surface area contributed by atoms with Gasteiger partial charge < -0.3 is 0 Å². The molecule has 30 heavy (non-hydrogen) atoms. The maximum absolute atomic E-state index is 2.36. The highest BCUT2D eigenvalue weighted by Gasteiger charge is 2.29. The van der Waals surface area contributed by atoms with Crippen LogP contribution in [0.25, 0.3) is 0 Å². The molecule has 166 valence electrons. The third-order valence-corrected chi connectivity index (χ3v) is 6.14. The van der Waals surface area contributed by atoms with Crippen LogP contribution in [-0.4, -0.2) is 7.05 Å². The van der Waals surface area contributed by atoms with Crippen LogP contribution in [-0.2, 0) is 10.8 Å².